The summed E-state index contributed by atoms with van der Waals surface area (Å²) in [7, 11) is 0. The molecule has 0 aromatic carbocycles. The summed E-state index contributed by atoms with van der Waals surface area (Å²) in [5.74, 6) is 6.31. The van der Waals surface area contributed by atoms with E-state index in [2.05, 4.69) is 18.9 Å². The summed E-state index contributed by atoms with van der Waals surface area (Å²) in [6.45, 7) is 8.96. The quantitative estimate of drug-likeness (QED) is 0.367. The van der Waals surface area contributed by atoms with Crippen molar-refractivity contribution in [3.63, 3.8) is 0 Å². The van der Waals surface area contributed by atoms with Crippen molar-refractivity contribution in [2.24, 2.45) is 11.8 Å². The highest BCUT2D eigenvalue weighted by Crippen LogP contribution is 2.36. The fourth-order valence-electron chi connectivity index (χ4n) is 1.92. The zero-order valence-corrected chi connectivity index (χ0v) is 9.96. The van der Waals surface area contributed by atoms with Gasteiger partial charge in [0.2, 0.25) is 0 Å². The van der Waals surface area contributed by atoms with E-state index in [0.717, 1.165) is 19.4 Å². The molecule has 0 amide bonds. The summed E-state index contributed by atoms with van der Waals surface area (Å²) in [5, 5.41) is 0. The van der Waals surface area contributed by atoms with Crippen LogP contribution in [-0.4, -0.2) is 18.8 Å². The number of nitrogens with two attached hydrogens (primary N) is 1. The topological polar surface area (TPSA) is 47.3 Å². The highest BCUT2D eigenvalue weighted by atomic mass is 16.5. The molecule has 88 valence electrons. The minimum absolute atomic E-state index is 0.227. The number of nitrogens with one attached hydrogen (secondary N) is 1. The van der Waals surface area contributed by atoms with Gasteiger partial charge in [-0.1, -0.05) is 19.1 Å². The molecule has 1 aliphatic carbocycles. The summed E-state index contributed by atoms with van der Waals surface area (Å²) in [4.78, 5) is 0. The molecule has 1 aliphatic rings. The summed E-state index contributed by atoms with van der Waals surface area (Å²) in [6.07, 6.45) is 4.77. The first-order valence-corrected chi connectivity index (χ1v) is 5.97. The summed E-state index contributed by atoms with van der Waals surface area (Å²) >= 11 is 0. The van der Waals surface area contributed by atoms with Crippen molar-refractivity contribution in [2.45, 2.75) is 51.7 Å². The predicted molar refractivity (Wildman–Crippen MR) is 63.3 cm³/mol. The van der Waals surface area contributed by atoms with Gasteiger partial charge in [-0.3, -0.25) is 11.3 Å². The Hall–Kier alpha value is -0.380. The van der Waals surface area contributed by atoms with E-state index < -0.39 is 0 Å². The molecular weight excluding hydrogens is 188 g/mol. The monoisotopic (exact) mass is 212 g/mol. The lowest BCUT2D eigenvalue weighted by Gasteiger charge is -2.27. The molecule has 0 radical (unpaired) electrons. The van der Waals surface area contributed by atoms with Gasteiger partial charge in [0, 0.05) is 6.61 Å². The fourth-order valence-corrected chi connectivity index (χ4v) is 1.92. The molecule has 3 nitrogen and oxygen atoms in total. The maximum atomic E-state index is 5.78. The van der Waals surface area contributed by atoms with E-state index >= 15 is 0 Å². The van der Waals surface area contributed by atoms with Gasteiger partial charge in [0.05, 0.1) is 12.1 Å². The molecule has 0 aromatic rings. The van der Waals surface area contributed by atoms with Crippen molar-refractivity contribution in [1.29, 1.82) is 0 Å². The van der Waals surface area contributed by atoms with E-state index in [1.54, 1.807) is 0 Å². The van der Waals surface area contributed by atoms with Gasteiger partial charge in [0.25, 0.3) is 0 Å². The second-order valence-electron chi connectivity index (χ2n) is 4.34. The number of hydrogen-bond acceptors (Lipinski definition) is 3. The third-order valence-electron chi connectivity index (χ3n) is 3.06. The molecule has 1 fully saturated rings. The van der Waals surface area contributed by atoms with Crippen molar-refractivity contribution in [1.82, 2.24) is 5.43 Å². The molecule has 3 heteroatoms. The Bertz CT molecular complexity index is 202. The van der Waals surface area contributed by atoms with Crippen molar-refractivity contribution in [3.05, 3.63) is 12.2 Å². The van der Waals surface area contributed by atoms with Gasteiger partial charge in [0.15, 0.2) is 0 Å². The van der Waals surface area contributed by atoms with E-state index in [4.69, 9.17) is 10.6 Å². The van der Waals surface area contributed by atoms with Crippen LogP contribution in [0.4, 0.5) is 0 Å². The Labute approximate surface area is 93.0 Å². The van der Waals surface area contributed by atoms with Gasteiger partial charge >= 0.3 is 0 Å². The average molecular weight is 212 g/mol. The molecule has 2 atom stereocenters. The van der Waals surface area contributed by atoms with Crippen molar-refractivity contribution in [2.75, 3.05) is 6.61 Å². The zero-order valence-electron chi connectivity index (χ0n) is 9.96. The lowest BCUT2D eigenvalue weighted by atomic mass is 9.98. The zero-order chi connectivity index (χ0) is 11.3. The van der Waals surface area contributed by atoms with Gasteiger partial charge < -0.3 is 4.74 Å². The molecule has 0 aromatic heterocycles. The Morgan fingerprint density at radius 1 is 1.53 bits per heavy atom. The second kappa shape index (κ2) is 6.26. The van der Waals surface area contributed by atoms with Gasteiger partial charge in [0.1, 0.15) is 0 Å². The Morgan fingerprint density at radius 3 is 2.60 bits per heavy atom. The van der Waals surface area contributed by atoms with Crippen LogP contribution in [0.15, 0.2) is 12.2 Å². The molecule has 0 saturated heterocycles. The molecule has 0 aliphatic heterocycles. The van der Waals surface area contributed by atoms with Crippen molar-refractivity contribution in [3.8, 4) is 0 Å². The van der Waals surface area contributed by atoms with Gasteiger partial charge in [-0.15, -0.1) is 0 Å². The summed E-state index contributed by atoms with van der Waals surface area (Å²) < 4.78 is 5.78. The molecule has 1 rings (SSSR count). The standard InChI is InChI=1S/C12H24N2O/c1-4-9(3)8-11(14-13)12(15-5-2)10-6-7-10/h10-12,14H,3-8,13H2,1-2H3. The van der Waals surface area contributed by atoms with Crippen LogP contribution in [0.1, 0.15) is 39.5 Å². The smallest absolute Gasteiger partial charge is 0.0772 e. The molecule has 0 spiro atoms. The number of hydrazine groups is 1. The molecular formula is C12H24N2O. The van der Waals surface area contributed by atoms with E-state index in [9.17, 15) is 0 Å². The average Bonchev–Trinajstić information content (AvgIpc) is 3.06. The third kappa shape index (κ3) is 3.93. The summed E-state index contributed by atoms with van der Waals surface area (Å²) in [6, 6.07) is 0.227. The minimum atomic E-state index is 0.227. The SMILES string of the molecule is C=C(CC)CC(NN)C(OCC)C1CC1. The fraction of sp³-hybridized carbons (Fsp3) is 0.833. The van der Waals surface area contributed by atoms with E-state index in [0.29, 0.717) is 5.92 Å². The van der Waals surface area contributed by atoms with Crippen LogP contribution in [0, 0.1) is 5.92 Å². The van der Waals surface area contributed by atoms with Crippen LogP contribution in [-0.2, 0) is 4.74 Å². The lowest BCUT2D eigenvalue weighted by molar-refractivity contribution is 0.0191. The van der Waals surface area contributed by atoms with Gasteiger partial charge in [-0.25, -0.2) is 0 Å². The molecule has 15 heavy (non-hydrogen) atoms. The summed E-state index contributed by atoms with van der Waals surface area (Å²) in [5.41, 5.74) is 4.13. The number of ether oxygens (including phenoxy) is 1. The van der Waals surface area contributed by atoms with Crippen molar-refractivity contribution < 1.29 is 4.74 Å². The van der Waals surface area contributed by atoms with Crippen LogP contribution in [0.25, 0.3) is 0 Å². The van der Waals surface area contributed by atoms with Gasteiger partial charge in [-0.2, -0.15) is 0 Å². The second-order valence-corrected chi connectivity index (χ2v) is 4.34. The Balaban J connectivity index is 2.48. The van der Waals surface area contributed by atoms with Crippen molar-refractivity contribution >= 4 is 0 Å². The highest BCUT2D eigenvalue weighted by molar-refractivity contribution is 5.01. The maximum Gasteiger partial charge on any atom is 0.0772 e. The van der Waals surface area contributed by atoms with E-state index in [1.807, 2.05) is 6.92 Å². The molecule has 3 N–H and O–H groups in total. The normalized spacial score (nSPS) is 19.9. The third-order valence-corrected chi connectivity index (χ3v) is 3.06. The first-order valence-electron chi connectivity index (χ1n) is 5.97. The first kappa shape index (κ1) is 12.7. The predicted octanol–water partition coefficient (Wildman–Crippen LogP) is 1.99. The number of rotatable bonds is 8. The Kier molecular flexibility index (Phi) is 5.29. The Morgan fingerprint density at radius 2 is 2.20 bits per heavy atom. The molecule has 2 unspecified atom stereocenters. The van der Waals surface area contributed by atoms with Crippen LogP contribution in [0.2, 0.25) is 0 Å². The largest absolute Gasteiger partial charge is 0.377 e. The lowest BCUT2D eigenvalue weighted by Crippen LogP contribution is -2.46. The van der Waals surface area contributed by atoms with E-state index in [1.165, 1.54) is 18.4 Å². The number of hydrogen-bond donors (Lipinski definition) is 2. The van der Waals surface area contributed by atoms with Crippen LogP contribution in [0.3, 0.4) is 0 Å². The maximum absolute atomic E-state index is 5.78. The molecule has 0 bridgehead atoms. The molecule has 0 heterocycles. The van der Waals surface area contributed by atoms with Crippen LogP contribution in [0.5, 0.6) is 0 Å². The van der Waals surface area contributed by atoms with E-state index in [-0.39, 0.29) is 12.1 Å². The van der Waals surface area contributed by atoms with Crippen LogP contribution < -0.4 is 11.3 Å². The van der Waals surface area contributed by atoms with Crippen LogP contribution >= 0.6 is 0 Å². The highest BCUT2D eigenvalue weighted by Gasteiger charge is 2.36. The van der Waals surface area contributed by atoms with Gasteiger partial charge in [-0.05, 0) is 38.5 Å². The minimum Gasteiger partial charge on any atom is -0.377 e. The molecule has 1 saturated carbocycles. The first-order chi connectivity index (χ1) is 7.22.